The molecule has 1 atom stereocenters. The largest absolute Gasteiger partial charge is 0.324 e. The predicted molar refractivity (Wildman–Crippen MR) is 104 cm³/mol. The van der Waals surface area contributed by atoms with Gasteiger partial charge in [0, 0.05) is 16.9 Å². The van der Waals surface area contributed by atoms with Crippen LogP contribution in [0.1, 0.15) is 34.9 Å². The van der Waals surface area contributed by atoms with Crippen molar-refractivity contribution in [3.05, 3.63) is 58.0 Å². The minimum absolute atomic E-state index is 0.0895. The number of H-pyrrole nitrogens is 1. The molecule has 0 aliphatic rings. The highest BCUT2D eigenvalue weighted by molar-refractivity contribution is 8.00. The first-order valence-corrected chi connectivity index (χ1v) is 9.80. The van der Waals surface area contributed by atoms with Crippen molar-refractivity contribution in [3.63, 3.8) is 0 Å². The summed E-state index contributed by atoms with van der Waals surface area (Å²) in [7, 11) is 0. The Morgan fingerprint density at radius 1 is 1.27 bits per heavy atom. The summed E-state index contributed by atoms with van der Waals surface area (Å²) in [6, 6.07) is 11.0. The highest BCUT2D eigenvalue weighted by atomic mass is 32.2. The maximum Gasteiger partial charge on any atom is 0.237 e. The Balaban J connectivity index is 1.61. The first-order valence-electron chi connectivity index (χ1n) is 8.04. The van der Waals surface area contributed by atoms with Crippen LogP contribution in [0.5, 0.6) is 0 Å². The molecule has 2 N–H and O–H groups in total. The Labute approximate surface area is 159 Å². The van der Waals surface area contributed by atoms with Crippen LogP contribution in [-0.2, 0) is 11.2 Å². The number of ketones is 1. The van der Waals surface area contributed by atoms with E-state index in [4.69, 9.17) is 0 Å². The topological polar surface area (TPSA) is 87.7 Å². The average Bonchev–Trinajstić information content (AvgIpc) is 3.27. The summed E-state index contributed by atoms with van der Waals surface area (Å²) >= 11 is 2.94. The molecule has 2 aromatic heterocycles. The Morgan fingerprint density at radius 2 is 2.08 bits per heavy atom. The van der Waals surface area contributed by atoms with Crippen molar-refractivity contribution in [2.45, 2.75) is 30.7 Å². The molecule has 1 aromatic carbocycles. The van der Waals surface area contributed by atoms with Gasteiger partial charge in [-0.05, 0) is 37.4 Å². The number of thioether (sulfide) groups is 1. The lowest BCUT2D eigenvalue weighted by atomic mass is 10.1. The fraction of sp³-hybridized carbons (Fsp3) is 0.222. The second kappa shape index (κ2) is 8.29. The Kier molecular flexibility index (Phi) is 5.85. The Morgan fingerprint density at radius 3 is 2.81 bits per heavy atom. The third-order valence-electron chi connectivity index (χ3n) is 3.65. The lowest BCUT2D eigenvalue weighted by molar-refractivity contribution is -0.115. The highest BCUT2D eigenvalue weighted by Gasteiger charge is 2.19. The number of para-hydroxylation sites is 1. The molecule has 0 saturated heterocycles. The molecule has 2 heterocycles. The SMILES string of the molecule is CC(=O)c1ccccc1NC(=O)C(C)Sc1n[nH]c(Cc2cccs2)n1. The van der Waals surface area contributed by atoms with Crippen molar-refractivity contribution in [3.8, 4) is 0 Å². The number of aromatic nitrogens is 3. The van der Waals surface area contributed by atoms with Gasteiger partial charge in [-0.2, -0.15) is 0 Å². The summed E-state index contributed by atoms with van der Waals surface area (Å²) in [5, 5.41) is 12.0. The van der Waals surface area contributed by atoms with Crippen LogP contribution in [0.4, 0.5) is 5.69 Å². The van der Waals surface area contributed by atoms with Crippen LogP contribution >= 0.6 is 23.1 Å². The van der Waals surface area contributed by atoms with E-state index in [1.807, 2.05) is 17.5 Å². The summed E-state index contributed by atoms with van der Waals surface area (Å²) in [6.45, 7) is 3.26. The molecule has 0 aliphatic heterocycles. The minimum Gasteiger partial charge on any atom is -0.324 e. The van der Waals surface area contributed by atoms with E-state index in [1.54, 1.807) is 42.5 Å². The molecular weight excluding hydrogens is 368 g/mol. The van der Waals surface area contributed by atoms with Gasteiger partial charge in [-0.25, -0.2) is 4.98 Å². The molecule has 8 heteroatoms. The van der Waals surface area contributed by atoms with Crippen LogP contribution in [0, 0.1) is 0 Å². The van der Waals surface area contributed by atoms with Gasteiger partial charge >= 0.3 is 0 Å². The van der Waals surface area contributed by atoms with Crippen molar-refractivity contribution in [1.29, 1.82) is 0 Å². The quantitative estimate of drug-likeness (QED) is 0.477. The van der Waals surface area contributed by atoms with E-state index in [1.165, 1.54) is 23.6 Å². The van der Waals surface area contributed by atoms with E-state index in [9.17, 15) is 9.59 Å². The maximum absolute atomic E-state index is 12.4. The molecule has 0 bridgehead atoms. The molecule has 0 radical (unpaired) electrons. The predicted octanol–water partition coefficient (Wildman–Crippen LogP) is 3.78. The van der Waals surface area contributed by atoms with Crippen molar-refractivity contribution in [2.24, 2.45) is 0 Å². The molecule has 1 amide bonds. The number of aromatic amines is 1. The average molecular weight is 387 g/mol. The summed E-state index contributed by atoms with van der Waals surface area (Å²) in [6.07, 6.45) is 0.692. The molecule has 26 heavy (non-hydrogen) atoms. The van der Waals surface area contributed by atoms with Crippen LogP contribution in [0.3, 0.4) is 0 Å². The molecule has 3 aromatic rings. The number of benzene rings is 1. The molecule has 3 rings (SSSR count). The Hall–Kier alpha value is -2.45. The number of hydrogen-bond acceptors (Lipinski definition) is 6. The van der Waals surface area contributed by atoms with Crippen LogP contribution in [0.2, 0.25) is 0 Å². The van der Waals surface area contributed by atoms with Crippen molar-refractivity contribution in [2.75, 3.05) is 5.32 Å². The minimum atomic E-state index is -0.402. The van der Waals surface area contributed by atoms with Gasteiger partial charge in [-0.1, -0.05) is 30.0 Å². The number of nitrogens with zero attached hydrogens (tertiary/aromatic N) is 2. The van der Waals surface area contributed by atoms with Crippen LogP contribution in [0.25, 0.3) is 0 Å². The fourth-order valence-corrected chi connectivity index (χ4v) is 3.79. The van der Waals surface area contributed by atoms with E-state index in [-0.39, 0.29) is 11.7 Å². The summed E-state index contributed by atoms with van der Waals surface area (Å²) in [5.74, 6) is 0.478. The van der Waals surface area contributed by atoms with Crippen molar-refractivity contribution in [1.82, 2.24) is 15.2 Å². The number of carbonyl (C=O) groups is 2. The number of thiophene rings is 1. The lowest BCUT2D eigenvalue weighted by Gasteiger charge is -2.12. The van der Waals surface area contributed by atoms with E-state index in [0.29, 0.717) is 22.8 Å². The smallest absolute Gasteiger partial charge is 0.237 e. The van der Waals surface area contributed by atoms with E-state index in [2.05, 4.69) is 20.5 Å². The Bertz CT molecular complexity index is 906. The number of carbonyl (C=O) groups excluding carboxylic acids is 2. The number of hydrogen-bond donors (Lipinski definition) is 2. The second-order valence-corrected chi connectivity index (χ2v) is 8.01. The lowest BCUT2D eigenvalue weighted by Crippen LogP contribution is -2.23. The first kappa shape index (κ1) is 18.3. The maximum atomic E-state index is 12.4. The number of nitrogens with one attached hydrogen (secondary N) is 2. The fourth-order valence-electron chi connectivity index (χ4n) is 2.33. The summed E-state index contributed by atoms with van der Waals surface area (Å²) in [4.78, 5) is 29.7. The van der Waals surface area contributed by atoms with Crippen LogP contribution in [-0.4, -0.2) is 32.1 Å². The van der Waals surface area contributed by atoms with Crippen molar-refractivity contribution < 1.29 is 9.59 Å². The van der Waals surface area contributed by atoms with Crippen molar-refractivity contribution >= 4 is 40.5 Å². The van der Waals surface area contributed by atoms with E-state index < -0.39 is 5.25 Å². The van der Waals surface area contributed by atoms with Gasteiger partial charge in [-0.15, -0.1) is 16.4 Å². The molecule has 0 spiro atoms. The number of rotatable bonds is 7. The third kappa shape index (κ3) is 4.59. The van der Waals surface area contributed by atoms with E-state index >= 15 is 0 Å². The van der Waals surface area contributed by atoms with Gasteiger partial charge in [0.2, 0.25) is 11.1 Å². The third-order valence-corrected chi connectivity index (χ3v) is 5.49. The van der Waals surface area contributed by atoms with Gasteiger partial charge in [0.1, 0.15) is 5.82 Å². The molecule has 6 nitrogen and oxygen atoms in total. The molecule has 134 valence electrons. The molecule has 0 saturated carbocycles. The standard InChI is InChI=1S/C18H18N4O2S2/c1-11(23)14-7-3-4-8-15(14)19-17(24)12(2)26-18-20-16(21-22-18)10-13-6-5-9-25-13/h3-9,12H,10H2,1-2H3,(H,19,24)(H,20,21,22). The first-order chi connectivity index (χ1) is 12.5. The van der Waals surface area contributed by atoms with Crippen LogP contribution in [0.15, 0.2) is 46.9 Å². The van der Waals surface area contributed by atoms with E-state index in [0.717, 1.165) is 5.82 Å². The molecular formula is C18H18N4O2S2. The highest BCUT2D eigenvalue weighted by Crippen LogP contribution is 2.23. The monoisotopic (exact) mass is 386 g/mol. The molecule has 1 unspecified atom stereocenters. The van der Waals surface area contributed by atoms with Gasteiger partial charge in [0.25, 0.3) is 0 Å². The van der Waals surface area contributed by atoms with Crippen LogP contribution < -0.4 is 5.32 Å². The summed E-state index contributed by atoms with van der Waals surface area (Å²) < 4.78 is 0. The number of anilines is 1. The zero-order valence-corrected chi connectivity index (χ0v) is 16.0. The molecule has 0 aliphatic carbocycles. The summed E-state index contributed by atoms with van der Waals surface area (Å²) in [5.41, 5.74) is 1.01. The van der Waals surface area contributed by atoms with Gasteiger partial charge in [-0.3, -0.25) is 14.7 Å². The van der Waals surface area contributed by atoms with Gasteiger partial charge < -0.3 is 5.32 Å². The zero-order valence-electron chi connectivity index (χ0n) is 14.4. The molecule has 0 fully saturated rings. The number of Topliss-reactive ketones (excluding diaryl/α,β-unsaturated/α-hetero) is 1. The normalized spacial score (nSPS) is 11.9. The number of amides is 1. The second-order valence-electron chi connectivity index (χ2n) is 5.67. The van der Waals surface area contributed by atoms with Gasteiger partial charge in [0.15, 0.2) is 5.78 Å². The van der Waals surface area contributed by atoms with Gasteiger partial charge in [0.05, 0.1) is 10.9 Å². The zero-order chi connectivity index (χ0) is 18.5.